The van der Waals surface area contributed by atoms with E-state index >= 15 is 0 Å². The summed E-state index contributed by atoms with van der Waals surface area (Å²) in [4.78, 5) is 13.1. The van der Waals surface area contributed by atoms with Crippen LogP contribution < -0.4 is 0 Å². The zero-order valence-electron chi connectivity index (χ0n) is 10.7. The average Bonchev–Trinajstić information content (AvgIpc) is 2.71. The molecule has 0 aliphatic heterocycles. The van der Waals surface area contributed by atoms with Crippen LogP contribution in [0.25, 0.3) is 10.9 Å². The molecular weight excluding hydrogens is 248 g/mol. The molecule has 1 aromatic heterocycles. The van der Waals surface area contributed by atoms with Crippen molar-refractivity contribution < 1.29 is 4.79 Å². The van der Waals surface area contributed by atoms with Crippen LogP contribution in [0.3, 0.4) is 0 Å². The number of halogens is 1. The van der Waals surface area contributed by atoms with E-state index in [2.05, 4.69) is 10.6 Å². The summed E-state index contributed by atoms with van der Waals surface area (Å²) < 4.78 is 2.16. The maximum Gasteiger partial charge on any atom is 0.222 e. The number of hydrogen-bond acceptors (Lipinski definition) is 1. The molecule has 0 radical (unpaired) electrons. The third-order valence-corrected chi connectivity index (χ3v) is 3.26. The molecule has 0 unspecified atom stereocenters. The van der Waals surface area contributed by atoms with Crippen molar-refractivity contribution in [2.24, 2.45) is 0 Å². The largest absolute Gasteiger partial charge is 0.349 e. The summed E-state index contributed by atoms with van der Waals surface area (Å²) in [7, 11) is 3.57. The fourth-order valence-electron chi connectivity index (χ4n) is 1.99. The van der Waals surface area contributed by atoms with Crippen LogP contribution in [0.5, 0.6) is 0 Å². The van der Waals surface area contributed by atoms with Crippen molar-refractivity contribution in [2.45, 2.75) is 19.4 Å². The van der Waals surface area contributed by atoms with Gasteiger partial charge in [-0.3, -0.25) is 4.79 Å². The standard InChI is InChI=1S/C14H17ClN2O/c1-16(2)14(18)4-3-8-17-9-7-11-10-12(15)5-6-13(11)17/h5-7,9-10H,3-4,8H2,1-2H3. The topological polar surface area (TPSA) is 25.2 Å². The van der Waals surface area contributed by atoms with Gasteiger partial charge in [0.1, 0.15) is 0 Å². The van der Waals surface area contributed by atoms with Crippen molar-refractivity contribution >= 4 is 28.4 Å². The van der Waals surface area contributed by atoms with Gasteiger partial charge in [0.2, 0.25) is 5.91 Å². The third-order valence-electron chi connectivity index (χ3n) is 3.02. The van der Waals surface area contributed by atoms with E-state index in [0.29, 0.717) is 6.42 Å². The Labute approximate surface area is 112 Å². The molecule has 0 atom stereocenters. The Bertz CT molecular complexity index is 560. The number of carbonyl (C=O) groups is 1. The summed E-state index contributed by atoms with van der Waals surface area (Å²) in [6.45, 7) is 0.852. The summed E-state index contributed by atoms with van der Waals surface area (Å²) in [5.74, 6) is 0.175. The lowest BCUT2D eigenvalue weighted by Crippen LogP contribution is -2.21. The van der Waals surface area contributed by atoms with Gasteiger partial charge in [0.05, 0.1) is 0 Å². The minimum Gasteiger partial charge on any atom is -0.349 e. The Balaban J connectivity index is 2.02. The predicted octanol–water partition coefficient (Wildman–Crippen LogP) is 3.16. The van der Waals surface area contributed by atoms with Gasteiger partial charge in [-0.05, 0) is 30.7 Å². The van der Waals surface area contributed by atoms with E-state index in [-0.39, 0.29) is 5.91 Å². The van der Waals surface area contributed by atoms with Gasteiger partial charge in [-0.2, -0.15) is 0 Å². The number of aromatic nitrogens is 1. The molecule has 1 amide bonds. The van der Waals surface area contributed by atoms with Gasteiger partial charge in [0.15, 0.2) is 0 Å². The highest BCUT2D eigenvalue weighted by molar-refractivity contribution is 6.31. The van der Waals surface area contributed by atoms with Crippen molar-refractivity contribution in [1.82, 2.24) is 9.47 Å². The zero-order chi connectivity index (χ0) is 13.1. The smallest absolute Gasteiger partial charge is 0.222 e. The van der Waals surface area contributed by atoms with E-state index in [0.717, 1.165) is 28.9 Å². The first-order valence-electron chi connectivity index (χ1n) is 6.02. The molecule has 0 saturated heterocycles. The fourth-order valence-corrected chi connectivity index (χ4v) is 2.17. The monoisotopic (exact) mass is 264 g/mol. The summed E-state index contributed by atoms with van der Waals surface area (Å²) in [5, 5.41) is 1.89. The molecule has 0 bridgehead atoms. The lowest BCUT2D eigenvalue weighted by atomic mass is 10.2. The molecule has 18 heavy (non-hydrogen) atoms. The van der Waals surface area contributed by atoms with Crippen LogP contribution in [0.15, 0.2) is 30.5 Å². The molecule has 4 heteroatoms. The van der Waals surface area contributed by atoms with Gasteiger partial charge in [0, 0.05) is 49.2 Å². The normalized spacial score (nSPS) is 10.8. The summed E-state index contributed by atoms with van der Waals surface area (Å²) in [5.41, 5.74) is 1.16. The van der Waals surface area contributed by atoms with Crippen molar-refractivity contribution in [1.29, 1.82) is 0 Å². The van der Waals surface area contributed by atoms with Crippen LogP contribution in [0.1, 0.15) is 12.8 Å². The van der Waals surface area contributed by atoms with Gasteiger partial charge in [0.25, 0.3) is 0 Å². The molecule has 0 aliphatic rings. The quantitative estimate of drug-likeness (QED) is 0.833. The number of aryl methyl sites for hydroxylation is 1. The number of benzene rings is 1. The minimum atomic E-state index is 0.175. The Kier molecular flexibility index (Phi) is 3.92. The molecule has 0 spiro atoms. The average molecular weight is 265 g/mol. The molecule has 1 heterocycles. The van der Waals surface area contributed by atoms with Gasteiger partial charge in [-0.15, -0.1) is 0 Å². The van der Waals surface area contributed by atoms with Crippen LogP contribution in [0.4, 0.5) is 0 Å². The molecule has 0 N–H and O–H groups in total. The third kappa shape index (κ3) is 2.85. The lowest BCUT2D eigenvalue weighted by molar-refractivity contribution is -0.128. The Morgan fingerprint density at radius 1 is 1.33 bits per heavy atom. The second-order valence-electron chi connectivity index (χ2n) is 4.60. The Morgan fingerprint density at radius 3 is 2.83 bits per heavy atom. The van der Waals surface area contributed by atoms with Crippen molar-refractivity contribution in [2.75, 3.05) is 14.1 Å². The van der Waals surface area contributed by atoms with E-state index in [4.69, 9.17) is 11.6 Å². The molecule has 2 aromatic rings. The molecule has 0 fully saturated rings. The summed E-state index contributed by atoms with van der Waals surface area (Å²) >= 11 is 5.95. The second kappa shape index (κ2) is 5.44. The SMILES string of the molecule is CN(C)C(=O)CCCn1ccc2cc(Cl)ccc21. The minimum absolute atomic E-state index is 0.175. The fraction of sp³-hybridized carbons (Fsp3) is 0.357. The van der Waals surface area contributed by atoms with E-state index < -0.39 is 0 Å². The first-order valence-corrected chi connectivity index (χ1v) is 6.40. The number of fused-ring (bicyclic) bond motifs is 1. The number of rotatable bonds is 4. The first kappa shape index (κ1) is 13.0. The Morgan fingerprint density at radius 2 is 2.11 bits per heavy atom. The van der Waals surface area contributed by atoms with Crippen LogP contribution in [-0.2, 0) is 11.3 Å². The second-order valence-corrected chi connectivity index (χ2v) is 5.04. The van der Waals surface area contributed by atoms with Gasteiger partial charge in [-0.1, -0.05) is 11.6 Å². The Hall–Kier alpha value is -1.48. The van der Waals surface area contributed by atoms with Crippen LogP contribution in [0.2, 0.25) is 5.02 Å². The van der Waals surface area contributed by atoms with E-state index in [1.807, 2.05) is 24.4 Å². The first-order chi connectivity index (χ1) is 8.58. The van der Waals surface area contributed by atoms with Gasteiger partial charge >= 0.3 is 0 Å². The molecule has 0 aliphatic carbocycles. The van der Waals surface area contributed by atoms with Crippen LogP contribution >= 0.6 is 11.6 Å². The van der Waals surface area contributed by atoms with Gasteiger partial charge in [-0.25, -0.2) is 0 Å². The van der Waals surface area contributed by atoms with Gasteiger partial charge < -0.3 is 9.47 Å². The van der Waals surface area contributed by atoms with E-state index in [9.17, 15) is 4.79 Å². The molecule has 0 saturated carbocycles. The molecule has 3 nitrogen and oxygen atoms in total. The number of hydrogen-bond donors (Lipinski definition) is 0. The molecule has 96 valence electrons. The highest BCUT2D eigenvalue weighted by Gasteiger charge is 2.05. The number of nitrogens with zero attached hydrogens (tertiary/aromatic N) is 2. The lowest BCUT2D eigenvalue weighted by Gasteiger charge is -2.10. The molecule has 2 rings (SSSR count). The van der Waals surface area contributed by atoms with Crippen LogP contribution in [0, 0.1) is 0 Å². The van der Waals surface area contributed by atoms with E-state index in [1.165, 1.54) is 0 Å². The number of carbonyl (C=O) groups excluding carboxylic acids is 1. The van der Waals surface area contributed by atoms with Crippen molar-refractivity contribution in [3.8, 4) is 0 Å². The zero-order valence-corrected chi connectivity index (χ0v) is 11.4. The molecular formula is C14H17ClN2O. The molecule has 1 aromatic carbocycles. The van der Waals surface area contributed by atoms with E-state index in [1.54, 1.807) is 19.0 Å². The maximum absolute atomic E-state index is 11.5. The number of amides is 1. The van der Waals surface area contributed by atoms with Crippen LogP contribution in [-0.4, -0.2) is 29.5 Å². The van der Waals surface area contributed by atoms with Crippen molar-refractivity contribution in [3.05, 3.63) is 35.5 Å². The summed E-state index contributed by atoms with van der Waals surface area (Å²) in [6, 6.07) is 7.92. The predicted molar refractivity (Wildman–Crippen MR) is 74.9 cm³/mol. The highest BCUT2D eigenvalue weighted by atomic mass is 35.5. The maximum atomic E-state index is 11.5. The summed E-state index contributed by atoms with van der Waals surface area (Å²) in [6.07, 6.45) is 3.48. The highest BCUT2D eigenvalue weighted by Crippen LogP contribution is 2.20. The van der Waals surface area contributed by atoms with Crippen molar-refractivity contribution in [3.63, 3.8) is 0 Å².